The maximum Gasteiger partial charge on any atom is 0.204 e. The van der Waals surface area contributed by atoms with Gasteiger partial charge in [0, 0.05) is 28.7 Å². The minimum Gasteiger partial charge on any atom is -0.492 e. The second kappa shape index (κ2) is 4.49. The van der Waals surface area contributed by atoms with Crippen molar-refractivity contribution in [3.05, 3.63) is 24.0 Å². The minimum absolute atomic E-state index is 0.617. The molecule has 0 atom stereocenters. The van der Waals surface area contributed by atoms with Crippen LogP contribution in [0, 0.1) is 6.92 Å². The summed E-state index contributed by atoms with van der Waals surface area (Å²) in [5.41, 5.74) is 0.994. The molecular weight excluding hydrogens is 218 g/mol. The van der Waals surface area contributed by atoms with Crippen LogP contribution in [0.1, 0.15) is 5.56 Å². The zero-order valence-corrected chi connectivity index (χ0v) is 10.4. The van der Waals surface area contributed by atoms with E-state index in [1.54, 1.807) is 33.7 Å². The molecule has 0 aliphatic heterocycles. The van der Waals surface area contributed by atoms with Gasteiger partial charge in [0.1, 0.15) is 0 Å². The number of rotatable bonds is 3. The first-order valence-electron chi connectivity index (χ1n) is 5.26. The molecule has 90 valence electrons. The van der Waals surface area contributed by atoms with Gasteiger partial charge in [-0.05, 0) is 13.0 Å². The monoisotopic (exact) mass is 233 g/mol. The normalized spacial score (nSPS) is 10.4. The predicted octanol–water partition coefficient (Wildman–Crippen LogP) is 2.57. The topological polar surface area (TPSA) is 40.6 Å². The fourth-order valence-electron chi connectivity index (χ4n) is 2.04. The number of methoxy groups -OCH3 is 3. The summed E-state index contributed by atoms with van der Waals surface area (Å²) in [5, 5.41) is 1.97. The number of pyridine rings is 1. The van der Waals surface area contributed by atoms with Crippen molar-refractivity contribution in [1.82, 2.24) is 4.98 Å². The summed E-state index contributed by atoms with van der Waals surface area (Å²) in [6.45, 7) is 1.98. The largest absolute Gasteiger partial charge is 0.492 e. The fourth-order valence-corrected chi connectivity index (χ4v) is 2.04. The van der Waals surface area contributed by atoms with Gasteiger partial charge in [-0.25, -0.2) is 0 Å². The number of nitrogens with zero attached hydrogens (tertiary/aromatic N) is 1. The van der Waals surface area contributed by atoms with E-state index in [0.717, 1.165) is 16.3 Å². The molecule has 2 aromatic rings. The molecule has 0 fully saturated rings. The van der Waals surface area contributed by atoms with Gasteiger partial charge in [-0.15, -0.1) is 0 Å². The first-order chi connectivity index (χ1) is 8.24. The van der Waals surface area contributed by atoms with Crippen LogP contribution in [0.3, 0.4) is 0 Å². The van der Waals surface area contributed by atoms with Gasteiger partial charge >= 0.3 is 0 Å². The molecule has 0 spiro atoms. The van der Waals surface area contributed by atoms with E-state index in [9.17, 15) is 0 Å². The Morgan fingerprint density at radius 2 is 1.53 bits per heavy atom. The van der Waals surface area contributed by atoms with E-state index in [-0.39, 0.29) is 0 Å². The number of hydrogen-bond acceptors (Lipinski definition) is 4. The Bertz CT molecular complexity index is 552. The van der Waals surface area contributed by atoms with Crippen LogP contribution in [-0.2, 0) is 0 Å². The second-order valence-electron chi connectivity index (χ2n) is 3.65. The summed E-state index contributed by atoms with van der Waals surface area (Å²) in [4.78, 5) is 4.13. The van der Waals surface area contributed by atoms with E-state index in [1.165, 1.54) is 0 Å². The highest BCUT2D eigenvalue weighted by molar-refractivity contribution is 5.95. The van der Waals surface area contributed by atoms with E-state index < -0.39 is 0 Å². The van der Waals surface area contributed by atoms with Gasteiger partial charge in [0.25, 0.3) is 0 Å². The Hall–Kier alpha value is -1.97. The van der Waals surface area contributed by atoms with Crippen molar-refractivity contribution >= 4 is 10.8 Å². The highest BCUT2D eigenvalue weighted by atomic mass is 16.5. The summed E-state index contributed by atoms with van der Waals surface area (Å²) in [7, 11) is 4.84. The van der Waals surface area contributed by atoms with Crippen LogP contribution in [-0.4, -0.2) is 26.3 Å². The van der Waals surface area contributed by atoms with Crippen LogP contribution in [0.25, 0.3) is 10.8 Å². The van der Waals surface area contributed by atoms with E-state index in [0.29, 0.717) is 17.2 Å². The molecule has 4 heteroatoms. The zero-order chi connectivity index (χ0) is 12.4. The highest BCUT2D eigenvalue weighted by Crippen LogP contribution is 2.45. The van der Waals surface area contributed by atoms with Crippen LogP contribution in [0.2, 0.25) is 0 Å². The Kier molecular flexibility index (Phi) is 3.04. The molecule has 17 heavy (non-hydrogen) atoms. The molecule has 1 aromatic carbocycles. The molecule has 4 nitrogen and oxygen atoms in total. The average Bonchev–Trinajstić information content (AvgIpc) is 2.38. The lowest BCUT2D eigenvalue weighted by Crippen LogP contribution is -1.98. The van der Waals surface area contributed by atoms with E-state index in [1.807, 2.05) is 13.0 Å². The first-order valence-corrected chi connectivity index (χ1v) is 5.26. The number of fused-ring (bicyclic) bond motifs is 1. The molecule has 2 rings (SSSR count). The Morgan fingerprint density at radius 3 is 2.12 bits per heavy atom. The van der Waals surface area contributed by atoms with E-state index in [2.05, 4.69) is 4.98 Å². The van der Waals surface area contributed by atoms with Crippen molar-refractivity contribution in [2.75, 3.05) is 21.3 Å². The molecule has 1 heterocycles. The lowest BCUT2D eigenvalue weighted by Gasteiger charge is -2.17. The molecule has 0 radical (unpaired) electrons. The van der Waals surface area contributed by atoms with Crippen molar-refractivity contribution in [2.45, 2.75) is 6.92 Å². The van der Waals surface area contributed by atoms with Crippen LogP contribution < -0.4 is 14.2 Å². The lowest BCUT2D eigenvalue weighted by atomic mass is 10.0. The Labute approximate surface area is 100 Å². The van der Waals surface area contributed by atoms with Gasteiger partial charge in [-0.2, -0.15) is 0 Å². The summed E-state index contributed by atoms with van der Waals surface area (Å²) >= 11 is 0. The van der Waals surface area contributed by atoms with Crippen molar-refractivity contribution in [2.24, 2.45) is 0 Å². The molecule has 0 bridgehead atoms. The van der Waals surface area contributed by atoms with Crippen LogP contribution >= 0.6 is 0 Å². The van der Waals surface area contributed by atoms with Gasteiger partial charge < -0.3 is 14.2 Å². The third-order valence-electron chi connectivity index (χ3n) is 2.84. The average molecular weight is 233 g/mol. The highest BCUT2D eigenvalue weighted by Gasteiger charge is 2.19. The molecular formula is C13H15NO3. The minimum atomic E-state index is 0.617. The van der Waals surface area contributed by atoms with Gasteiger partial charge in [0.05, 0.1) is 21.3 Å². The molecule has 0 aliphatic rings. The van der Waals surface area contributed by atoms with Crippen molar-refractivity contribution in [3.8, 4) is 17.2 Å². The van der Waals surface area contributed by atoms with Gasteiger partial charge in [-0.3, -0.25) is 4.98 Å². The Morgan fingerprint density at radius 1 is 0.882 bits per heavy atom. The smallest absolute Gasteiger partial charge is 0.204 e. The van der Waals surface area contributed by atoms with E-state index in [4.69, 9.17) is 14.2 Å². The summed E-state index contributed by atoms with van der Waals surface area (Å²) in [5.74, 6) is 1.98. The molecule has 1 aromatic heterocycles. The quantitative estimate of drug-likeness (QED) is 0.817. The maximum absolute atomic E-state index is 5.41. The summed E-state index contributed by atoms with van der Waals surface area (Å²) in [6, 6.07) is 1.91. The fraction of sp³-hybridized carbons (Fsp3) is 0.308. The van der Waals surface area contributed by atoms with Crippen molar-refractivity contribution in [3.63, 3.8) is 0 Å². The molecule has 0 unspecified atom stereocenters. The van der Waals surface area contributed by atoms with Gasteiger partial charge in [-0.1, -0.05) is 0 Å². The number of benzene rings is 1. The van der Waals surface area contributed by atoms with Crippen molar-refractivity contribution in [1.29, 1.82) is 0 Å². The Balaban J connectivity index is 2.93. The van der Waals surface area contributed by atoms with E-state index >= 15 is 0 Å². The standard InChI is InChI=1S/C13H15NO3/c1-8-10-7-14-6-5-9(10)12(16-3)13(17-4)11(8)15-2/h5-7H,1-4H3. The first kappa shape index (κ1) is 11.5. The summed E-state index contributed by atoms with van der Waals surface area (Å²) in [6.07, 6.45) is 3.53. The number of hydrogen-bond donors (Lipinski definition) is 0. The third-order valence-corrected chi connectivity index (χ3v) is 2.84. The molecule has 0 saturated heterocycles. The number of aryl methyl sites for hydroxylation is 1. The predicted molar refractivity (Wildman–Crippen MR) is 66.1 cm³/mol. The SMILES string of the molecule is COc1c(OC)c(OC)c2ccncc2c1C. The van der Waals surface area contributed by atoms with Crippen LogP contribution in [0.5, 0.6) is 17.2 Å². The zero-order valence-electron chi connectivity index (χ0n) is 10.4. The number of ether oxygens (including phenoxy) is 3. The molecule has 0 saturated carbocycles. The molecule has 0 N–H and O–H groups in total. The molecule has 0 aliphatic carbocycles. The van der Waals surface area contributed by atoms with Gasteiger partial charge in [0.15, 0.2) is 11.5 Å². The van der Waals surface area contributed by atoms with Gasteiger partial charge in [0.2, 0.25) is 5.75 Å². The second-order valence-corrected chi connectivity index (χ2v) is 3.65. The van der Waals surface area contributed by atoms with Crippen LogP contribution in [0.4, 0.5) is 0 Å². The van der Waals surface area contributed by atoms with Crippen molar-refractivity contribution < 1.29 is 14.2 Å². The summed E-state index contributed by atoms with van der Waals surface area (Å²) < 4.78 is 16.2. The maximum atomic E-state index is 5.41. The molecule has 0 amide bonds. The third kappa shape index (κ3) is 1.65. The van der Waals surface area contributed by atoms with Crippen LogP contribution in [0.15, 0.2) is 18.5 Å². The lowest BCUT2D eigenvalue weighted by molar-refractivity contribution is 0.326. The number of aromatic nitrogens is 1.